The molecule has 0 radical (unpaired) electrons. The Bertz CT molecular complexity index is 1240. The van der Waals surface area contributed by atoms with Gasteiger partial charge in [-0.1, -0.05) is 31.6 Å². The van der Waals surface area contributed by atoms with Crippen LogP contribution in [0, 0.1) is 5.82 Å². The highest BCUT2D eigenvalue weighted by atomic mass is 19.1. The largest absolute Gasteiger partial charge is 0.394 e. The van der Waals surface area contributed by atoms with Crippen LogP contribution < -0.4 is 16.4 Å². The normalized spacial score (nSPS) is 18.8. The number of amides is 3. The summed E-state index contributed by atoms with van der Waals surface area (Å²) in [4.78, 5) is 29.7. The molecule has 1 atom stereocenters. The van der Waals surface area contributed by atoms with Crippen molar-refractivity contribution in [1.82, 2.24) is 31.2 Å². The molecule has 4 rings (SSSR count). The first-order valence-corrected chi connectivity index (χ1v) is 14.5. The molecule has 41 heavy (non-hydrogen) atoms. The van der Waals surface area contributed by atoms with Gasteiger partial charge in [0.25, 0.3) is 5.91 Å². The van der Waals surface area contributed by atoms with Crippen molar-refractivity contribution in [1.29, 1.82) is 0 Å². The second-order valence-corrected chi connectivity index (χ2v) is 10.8. The number of urea groups is 1. The van der Waals surface area contributed by atoms with Crippen LogP contribution >= 0.6 is 0 Å². The number of hydrogen-bond donors (Lipinski definition) is 4. The van der Waals surface area contributed by atoms with E-state index in [9.17, 15) is 19.1 Å². The predicted molar refractivity (Wildman–Crippen MR) is 157 cm³/mol. The first-order valence-electron chi connectivity index (χ1n) is 14.5. The van der Waals surface area contributed by atoms with Crippen molar-refractivity contribution in [2.24, 2.45) is 5.10 Å². The predicted octanol–water partition coefficient (Wildman–Crippen LogP) is 3.73. The number of allylic oxidation sites excluding steroid dienone is 4. The second kappa shape index (κ2) is 14.3. The number of aliphatic hydroxyl groups is 1. The van der Waals surface area contributed by atoms with E-state index in [1.165, 1.54) is 6.07 Å². The van der Waals surface area contributed by atoms with Gasteiger partial charge in [-0.25, -0.2) is 14.7 Å². The van der Waals surface area contributed by atoms with Gasteiger partial charge in [-0.3, -0.25) is 9.80 Å². The zero-order valence-corrected chi connectivity index (χ0v) is 24.3. The van der Waals surface area contributed by atoms with Gasteiger partial charge in [-0.05, 0) is 75.3 Å². The van der Waals surface area contributed by atoms with E-state index in [4.69, 9.17) is 0 Å². The summed E-state index contributed by atoms with van der Waals surface area (Å²) in [7, 11) is 0. The number of nitrogens with one attached hydrogen (secondary N) is 3. The van der Waals surface area contributed by atoms with E-state index in [2.05, 4.69) is 34.5 Å². The minimum atomic E-state index is -0.567. The Hall–Kier alpha value is -3.70. The second-order valence-electron chi connectivity index (χ2n) is 10.8. The first kappa shape index (κ1) is 30.3. The van der Waals surface area contributed by atoms with Crippen molar-refractivity contribution in [3.63, 3.8) is 0 Å². The van der Waals surface area contributed by atoms with Crippen LogP contribution in [0.5, 0.6) is 0 Å². The number of halogens is 1. The number of carbonyl (C=O) groups excluding carboxylic acids is 2. The molecule has 4 N–H and O–H groups in total. The summed E-state index contributed by atoms with van der Waals surface area (Å²) in [5, 5.41) is 18.4. The number of benzene rings is 1. The van der Waals surface area contributed by atoms with E-state index >= 15 is 0 Å². The third-order valence-electron chi connectivity index (χ3n) is 7.55. The highest BCUT2D eigenvalue weighted by Crippen LogP contribution is 2.25. The van der Waals surface area contributed by atoms with Crippen molar-refractivity contribution in [2.45, 2.75) is 71.9 Å². The molecule has 222 valence electrons. The van der Waals surface area contributed by atoms with Crippen molar-refractivity contribution in [2.75, 3.05) is 26.2 Å². The lowest BCUT2D eigenvalue weighted by Gasteiger charge is -2.35. The molecule has 0 aromatic heterocycles. The Morgan fingerprint density at radius 2 is 1.95 bits per heavy atom. The molecule has 10 nitrogen and oxygen atoms in total. The Kier molecular flexibility index (Phi) is 10.5. The van der Waals surface area contributed by atoms with Gasteiger partial charge in [0.1, 0.15) is 5.82 Å². The molecule has 0 bridgehead atoms. The standard InChI is InChI=1S/C30H42FN7O3/c1-4-5-11-23(28-33-34-35-38(28)22(3)20-39)12-9-10-21(2)32-29(40)26-17-25-19-37(16-13-24(25)18-27(26)31)30(41)36-14-7-6-8-15-36/h9-12,17-18,22,34-35,39H,4-8,13-16,19-20H2,1-3H3,(H,32,40)/b12-9-,21-10+,23-11-. The summed E-state index contributed by atoms with van der Waals surface area (Å²) in [5.74, 6) is -0.456. The van der Waals surface area contributed by atoms with Crippen LogP contribution in [0.25, 0.3) is 0 Å². The highest BCUT2D eigenvalue weighted by Gasteiger charge is 2.28. The molecule has 3 aliphatic heterocycles. The minimum Gasteiger partial charge on any atom is -0.394 e. The van der Waals surface area contributed by atoms with E-state index in [1.54, 1.807) is 35.1 Å². The molecule has 1 aromatic carbocycles. The summed E-state index contributed by atoms with van der Waals surface area (Å²) in [6.45, 7) is 8.12. The van der Waals surface area contributed by atoms with Crippen molar-refractivity contribution in [3.8, 4) is 0 Å². The maximum atomic E-state index is 15.0. The number of aliphatic hydroxyl groups excluding tert-OH is 1. The Balaban J connectivity index is 1.43. The molecule has 1 aromatic rings. The molecule has 1 fully saturated rings. The van der Waals surface area contributed by atoms with Gasteiger partial charge >= 0.3 is 6.03 Å². The fourth-order valence-corrected chi connectivity index (χ4v) is 5.16. The monoisotopic (exact) mass is 567 g/mol. The number of fused-ring (bicyclic) bond motifs is 1. The van der Waals surface area contributed by atoms with E-state index in [1.807, 2.05) is 17.9 Å². The highest BCUT2D eigenvalue weighted by molar-refractivity contribution is 6.01. The lowest BCUT2D eigenvalue weighted by Crippen LogP contribution is -2.48. The van der Waals surface area contributed by atoms with E-state index < -0.39 is 11.7 Å². The van der Waals surface area contributed by atoms with Crippen LogP contribution in [0.1, 0.15) is 74.4 Å². The Labute approximate surface area is 241 Å². The molecule has 0 aliphatic carbocycles. The zero-order chi connectivity index (χ0) is 29.4. The first-order chi connectivity index (χ1) is 19.8. The van der Waals surface area contributed by atoms with Crippen molar-refractivity contribution < 1.29 is 19.1 Å². The quantitative estimate of drug-likeness (QED) is 0.339. The average Bonchev–Trinajstić information content (AvgIpc) is 3.48. The number of nitrogens with zero attached hydrogens (tertiary/aromatic N) is 4. The van der Waals surface area contributed by atoms with Gasteiger partial charge in [-0.15, -0.1) is 10.6 Å². The van der Waals surface area contributed by atoms with Gasteiger partial charge in [0, 0.05) is 37.4 Å². The zero-order valence-electron chi connectivity index (χ0n) is 24.3. The smallest absolute Gasteiger partial charge is 0.320 e. The molecular weight excluding hydrogens is 525 g/mol. The lowest BCUT2D eigenvalue weighted by atomic mass is 9.96. The summed E-state index contributed by atoms with van der Waals surface area (Å²) in [6.07, 6.45) is 13.0. The van der Waals surface area contributed by atoms with Crippen LogP contribution in [0.4, 0.5) is 9.18 Å². The molecule has 0 saturated carbocycles. The maximum Gasteiger partial charge on any atom is 0.320 e. The third-order valence-corrected chi connectivity index (χ3v) is 7.55. The number of rotatable bonds is 9. The van der Waals surface area contributed by atoms with Gasteiger partial charge in [0.05, 0.1) is 18.2 Å². The third kappa shape index (κ3) is 7.53. The molecule has 1 saturated heterocycles. The number of hydrazine groups is 2. The van der Waals surface area contributed by atoms with E-state index in [-0.39, 0.29) is 24.2 Å². The van der Waals surface area contributed by atoms with E-state index in [0.29, 0.717) is 31.0 Å². The summed E-state index contributed by atoms with van der Waals surface area (Å²) < 4.78 is 15.0. The number of unbranched alkanes of at least 4 members (excludes halogenated alkanes) is 1. The Morgan fingerprint density at radius 3 is 2.68 bits per heavy atom. The number of hydrogen-bond acceptors (Lipinski definition) is 7. The van der Waals surface area contributed by atoms with Gasteiger partial charge in [0.15, 0.2) is 5.84 Å². The van der Waals surface area contributed by atoms with Crippen LogP contribution in [0.15, 0.2) is 52.8 Å². The summed E-state index contributed by atoms with van der Waals surface area (Å²) >= 11 is 0. The van der Waals surface area contributed by atoms with Crippen molar-refractivity contribution in [3.05, 3.63) is 70.2 Å². The maximum absolute atomic E-state index is 15.0. The summed E-state index contributed by atoms with van der Waals surface area (Å²) in [6, 6.07) is 2.84. The number of carbonyl (C=O) groups is 2. The van der Waals surface area contributed by atoms with Crippen LogP contribution in [0.3, 0.4) is 0 Å². The van der Waals surface area contributed by atoms with Crippen LogP contribution in [-0.4, -0.2) is 70.0 Å². The average molecular weight is 568 g/mol. The van der Waals surface area contributed by atoms with E-state index in [0.717, 1.165) is 61.9 Å². The molecule has 0 spiro atoms. The van der Waals surface area contributed by atoms with Gasteiger partial charge < -0.3 is 20.2 Å². The van der Waals surface area contributed by atoms with Crippen LogP contribution in [0.2, 0.25) is 0 Å². The van der Waals surface area contributed by atoms with Gasteiger partial charge in [0.2, 0.25) is 0 Å². The number of likely N-dealkylation sites (tertiary alicyclic amines) is 1. The molecule has 11 heteroatoms. The summed E-state index contributed by atoms with van der Waals surface area (Å²) in [5.41, 5.74) is 8.66. The molecule has 3 amide bonds. The SMILES string of the molecule is CCC/C=C(/C=C\C=C(/C)NC(=O)c1cc2c(cc1F)CCN(C(=O)N1CCCCC1)C2)C1=NNNN1C(C)CO. The van der Waals surface area contributed by atoms with Crippen LogP contribution in [-0.2, 0) is 13.0 Å². The molecule has 3 aliphatic rings. The fourth-order valence-electron chi connectivity index (χ4n) is 5.16. The molecular formula is C30H42FN7O3. The fraction of sp³-hybridized carbons (Fsp3) is 0.500. The number of amidine groups is 1. The number of hydrazone groups is 1. The Morgan fingerprint density at radius 1 is 1.17 bits per heavy atom. The van der Waals surface area contributed by atoms with Gasteiger partial charge in [-0.2, -0.15) is 0 Å². The molecule has 1 unspecified atom stereocenters. The van der Waals surface area contributed by atoms with Crippen molar-refractivity contribution >= 4 is 17.8 Å². The minimum absolute atomic E-state index is 0.0210. The number of piperidine rings is 1. The molecule has 3 heterocycles. The topological polar surface area (TPSA) is 113 Å². The lowest BCUT2D eigenvalue weighted by molar-refractivity contribution is 0.0961.